The Bertz CT molecular complexity index is 408. The number of ether oxygens (including phenoxy) is 1. The first-order valence-electron chi connectivity index (χ1n) is 7.57. The summed E-state index contributed by atoms with van der Waals surface area (Å²) in [6, 6.07) is 4.30. The molecule has 6 heteroatoms. The normalized spacial score (nSPS) is 11.9. The van der Waals surface area contributed by atoms with Crippen LogP contribution in [0.2, 0.25) is 0 Å². The molecule has 1 heterocycles. The molecule has 2 N–H and O–H groups in total. The van der Waals surface area contributed by atoms with Gasteiger partial charge in [0.25, 0.3) is 0 Å². The van der Waals surface area contributed by atoms with Crippen molar-refractivity contribution in [3.8, 4) is 0 Å². The van der Waals surface area contributed by atoms with E-state index >= 15 is 0 Å². The van der Waals surface area contributed by atoms with Crippen LogP contribution in [0.15, 0.2) is 22.5 Å². The number of rotatable bonds is 9. The van der Waals surface area contributed by atoms with E-state index in [9.17, 15) is 0 Å². The highest BCUT2D eigenvalue weighted by molar-refractivity contribution is 14.0. The second-order valence-corrected chi connectivity index (χ2v) is 6.71. The number of hydrogen-bond acceptors (Lipinski definition) is 3. The van der Waals surface area contributed by atoms with Crippen molar-refractivity contribution in [1.29, 1.82) is 0 Å². The lowest BCUT2D eigenvalue weighted by Crippen LogP contribution is -2.43. The first-order chi connectivity index (χ1) is 10.1. The number of nitrogens with one attached hydrogen (secondary N) is 2. The van der Waals surface area contributed by atoms with Gasteiger partial charge in [0, 0.05) is 44.1 Å². The second kappa shape index (κ2) is 12.1. The molecule has 0 bridgehead atoms. The zero-order chi connectivity index (χ0) is 15.6. The fourth-order valence-corrected chi connectivity index (χ4v) is 2.88. The highest BCUT2D eigenvalue weighted by Crippen LogP contribution is 2.26. The minimum Gasteiger partial charge on any atom is -0.385 e. The third-order valence-electron chi connectivity index (χ3n) is 3.43. The lowest BCUT2D eigenvalue weighted by molar-refractivity contribution is 0.192. The average molecular weight is 439 g/mol. The van der Waals surface area contributed by atoms with Gasteiger partial charge in [-0.3, -0.25) is 4.99 Å². The molecule has 0 fully saturated rings. The number of hydrogen-bond donors (Lipinski definition) is 2. The van der Waals surface area contributed by atoms with Crippen LogP contribution >= 0.6 is 35.3 Å². The van der Waals surface area contributed by atoms with Crippen LogP contribution in [0.25, 0.3) is 0 Å². The molecule has 0 aliphatic carbocycles. The monoisotopic (exact) mass is 439 g/mol. The van der Waals surface area contributed by atoms with E-state index in [1.54, 1.807) is 18.4 Å². The van der Waals surface area contributed by atoms with Crippen LogP contribution in [0, 0.1) is 0 Å². The summed E-state index contributed by atoms with van der Waals surface area (Å²) in [5.74, 6) is 0.881. The minimum atomic E-state index is 0. The van der Waals surface area contributed by atoms with Crippen LogP contribution in [-0.2, 0) is 10.2 Å². The van der Waals surface area contributed by atoms with Crippen molar-refractivity contribution < 1.29 is 4.74 Å². The number of methoxy groups -OCH3 is 1. The van der Waals surface area contributed by atoms with Gasteiger partial charge in [0.15, 0.2) is 5.96 Å². The molecule has 0 amide bonds. The van der Waals surface area contributed by atoms with Crippen molar-refractivity contribution in [3.05, 3.63) is 22.4 Å². The Kier molecular flexibility index (Phi) is 11.9. The van der Waals surface area contributed by atoms with E-state index in [0.29, 0.717) is 0 Å². The van der Waals surface area contributed by atoms with Crippen molar-refractivity contribution in [2.75, 3.05) is 33.9 Å². The molecule has 0 aliphatic rings. The van der Waals surface area contributed by atoms with Gasteiger partial charge in [0.05, 0.1) is 0 Å². The molecule has 0 saturated heterocycles. The third-order valence-corrected chi connectivity index (χ3v) is 4.66. The fourth-order valence-electron chi connectivity index (χ4n) is 2.03. The summed E-state index contributed by atoms with van der Waals surface area (Å²) in [4.78, 5) is 5.67. The number of halogens is 1. The van der Waals surface area contributed by atoms with E-state index < -0.39 is 0 Å². The number of unbranched alkanes of at least 4 members (excludes halogenated alkanes) is 2. The van der Waals surface area contributed by atoms with Gasteiger partial charge in [-0.1, -0.05) is 19.9 Å². The average Bonchev–Trinajstić information content (AvgIpc) is 3.01. The quantitative estimate of drug-likeness (QED) is 0.267. The maximum absolute atomic E-state index is 5.05. The highest BCUT2D eigenvalue weighted by Gasteiger charge is 2.21. The summed E-state index contributed by atoms with van der Waals surface area (Å²) >= 11 is 1.81. The van der Waals surface area contributed by atoms with Crippen molar-refractivity contribution in [1.82, 2.24) is 10.6 Å². The number of guanidine groups is 1. The van der Waals surface area contributed by atoms with Crippen LogP contribution in [0.4, 0.5) is 0 Å². The molecule has 0 aromatic carbocycles. The number of nitrogens with zero attached hydrogens (tertiary/aromatic N) is 1. The van der Waals surface area contributed by atoms with Crippen molar-refractivity contribution in [2.24, 2.45) is 4.99 Å². The zero-order valence-corrected chi connectivity index (χ0v) is 17.3. The van der Waals surface area contributed by atoms with Gasteiger partial charge >= 0.3 is 0 Å². The fraction of sp³-hybridized carbons (Fsp3) is 0.688. The molecule has 0 spiro atoms. The van der Waals surface area contributed by atoms with Crippen molar-refractivity contribution in [3.63, 3.8) is 0 Å². The van der Waals surface area contributed by atoms with Gasteiger partial charge in [-0.05, 0) is 30.7 Å². The summed E-state index contributed by atoms with van der Waals surface area (Å²) in [6.07, 6.45) is 3.44. The van der Waals surface area contributed by atoms with E-state index in [1.807, 2.05) is 7.05 Å². The van der Waals surface area contributed by atoms with Gasteiger partial charge in [0.1, 0.15) is 0 Å². The van der Waals surface area contributed by atoms with Crippen LogP contribution < -0.4 is 10.6 Å². The molecule has 0 aliphatic heterocycles. The Hall–Kier alpha value is -0.340. The molecule has 1 aromatic heterocycles. The van der Waals surface area contributed by atoms with E-state index in [4.69, 9.17) is 4.74 Å². The maximum atomic E-state index is 5.05. The van der Waals surface area contributed by atoms with Gasteiger partial charge in [0.2, 0.25) is 0 Å². The summed E-state index contributed by atoms with van der Waals surface area (Å²) < 4.78 is 5.05. The molecule has 128 valence electrons. The van der Waals surface area contributed by atoms with Crippen LogP contribution in [0.5, 0.6) is 0 Å². The van der Waals surface area contributed by atoms with Crippen molar-refractivity contribution >= 4 is 41.3 Å². The summed E-state index contributed by atoms with van der Waals surface area (Å²) in [5.41, 5.74) is 0.115. The molecular formula is C16H30IN3OS. The number of thiophene rings is 1. The molecule has 22 heavy (non-hydrogen) atoms. The molecule has 0 saturated carbocycles. The third kappa shape index (κ3) is 8.33. The summed E-state index contributed by atoms with van der Waals surface area (Å²) in [5, 5.41) is 8.92. The largest absolute Gasteiger partial charge is 0.385 e. The van der Waals surface area contributed by atoms with Gasteiger partial charge in [-0.15, -0.1) is 35.3 Å². The van der Waals surface area contributed by atoms with Crippen molar-refractivity contribution in [2.45, 2.75) is 38.5 Å². The molecule has 0 radical (unpaired) electrons. The molecule has 0 unspecified atom stereocenters. The number of aliphatic imine (C=N–C) groups is 1. The Labute approximate surface area is 156 Å². The smallest absolute Gasteiger partial charge is 0.191 e. The molecule has 1 rings (SSSR count). The second-order valence-electron chi connectivity index (χ2n) is 5.77. The van der Waals surface area contributed by atoms with E-state index in [2.05, 4.69) is 47.0 Å². The first-order valence-corrected chi connectivity index (χ1v) is 8.45. The van der Waals surface area contributed by atoms with Gasteiger partial charge in [-0.2, -0.15) is 0 Å². The lowest BCUT2D eigenvalue weighted by Gasteiger charge is -2.25. The minimum absolute atomic E-state index is 0. The first kappa shape index (κ1) is 21.7. The van der Waals surface area contributed by atoms with E-state index in [0.717, 1.165) is 38.5 Å². The SMILES string of the molecule is CN=C(NCCCCCOC)NCC(C)(C)c1cccs1.I. The van der Waals surface area contributed by atoms with E-state index in [-0.39, 0.29) is 29.4 Å². The van der Waals surface area contributed by atoms with Gasteiger partial charge in [-0.25, -0.2) is 0 Å². The Balaban J connectivity index is 0.00000441. The summed E-state index contributed by atoms with van der Waals surface area (Å²) in [7, 11) is 3.57. The molecule has 0 atom stereocenters. The topological polar surface area (TPSA) is 45.7 Å². The highest BCUT2D eigenvalue weighted by atomic mass is 127. The molecule has 4 nitrogen and oxygen atoms in total. The van der Waals surface area contributed by atoms with Gasteiger partial charge < -0.3 is 15.4 Å². The van der Waals surface area contributed by atoms with E-state index in [1.165, 1.54) is 11.3 Å². The van der Waals surface area contributed by atoms with Crippen LogP contribution in [0.1, 0.15) is 38.0 Å². The Morgan fingerprint density at radius 1 is 1.27 bits per heavy atom. The summed E-state index contributed by atoms with van der Waals surface area (Å²) in [6.45, 7) is 7.18. The standard InChI is InChI=1S/C16H29N3OS.HI/c1-16(2,14-9-8-12-21-14)13-19-15(17-3)18-10-6-5-7-11-20-4;/h8-9,12H,5-7,10-11,13H2,1-4H3,(H2,17,18,19);1H. The Morgan fingerprint density at radius 2 is 2.05 bits per heavy atom. The van der Waals surface area contributed by atoms with Crippen LogP contribution in [-0.4, -0.2) is 39.8 Å². The predicted octanol–water partition coefficient (Wildman–Crippen LogP) is 3.63. The molecule has 1 aromatic rings. The van der Waals surface area contributed by atoms with Crippen LogP contribution in [0.3, 0.4) is 0 Å². The predicted molar refractivity (Wildman–Crippen MR) is 108 cm³/mol. The lowest BCUT2D eigenvalue weighted by atomic mass is 9.91. The molecular weight excluding hydrogens is 409 g/mol. The Morgan fingerprint density at radius 3 is 2.64 bits per heavy atom. The maximum Gasteiger partial charge on any atom is 0.191 e. The zero-order valence-electron chi connectivity index (χ0n) is 14.1.